The maximum Gasteiger partial charge on any atom is 0.409 e. The summed E-state index contributed by atoms with van der Waals surface area (Å²) in [5, 5.41) is 6.74. The second kappa shape index (κ2) is 9.75. The molecular formula is C17H27N5O2. The number of pyridine rings is 1. The molecule has 1 aliphatic rings. The van der Waals surface area contributed by atoms with Gasteiger partial charge in [0.15, 0.2) is 5.96 Å². The van der Waals surface area contributed by atoms with Gasteiger partial charge in [0.25, 0.3) is 0 Å². The molecule has 0 bridgehead atoms. The third-order valence-corrected chi connectivity index (χ3v) is 3.99. The Bertz CT molecular complexity index is 527. The van der Waals surface area contributed by atoms with Crippen LogP contribution in [0.3, 0.4) is 0 Å². The van der Waals surface area contributed by atoms with Gasteiger partial charge in [-0.2, -0.15) is 0 Å². The number of hydrogen-bond donors (Lipinski definition) is 2. The van der Waals surface area contributed by atoms with Crippen LogP contribution >= 0.6 is 0 Å². The number of nitrogens with zero attached hydrogens (tertiary/aromatic N) is 3. The molecule has 7 heteroatoms. The number of guanidine groups is 1. The van der Waals surface area contributed by atoms with Gasteiger partial charge in [0.1, 0.15) is 0 Å². The molecule has 1 amide bonds. The number of hydrogen-bond acceptors (Lipinski definition) is 4. The van der Waals surface area contributed by atoms with Crippen LogP contribution in [-0.4, -0.2) is 61.3 Å². The van der Waals surface area contributed by atoms with E-state index in [1.54, 1.807) is 18.1 Å². The van der Waals surface area contributed by atoms with Crippen LogP contribution in [0, 0.1) is 0 Å². The maximum atomic E-state index is 11.7. The maximum absolute atomic E-state index is 11.7. The number of carbonyl (C=O) groups is 1. The lowest BCUT2D eigenvalue weighted by Gasteiger charge is -2.32. The molecule has 0 atom stereocenters. The molecule has 1 fully saturated rings. The van der Waals surface area contributed by atoms with E-state index in [1.165, 1.54) is 0 Å². The Morgan fingerprint density at radius 1 is 1.42 bits per heavy atom. The zero-order valence-electron chi connectivity index (χ0n) is 14.5. The van der Waals surface area contributed by atoms with Gasteiger partial charge < -0.3 is 20.3 Å². The predicted molar refractivity (Wildman–Crippen MR) is 94.1 cm³/mol. The number of amides is 1. The normalized spacial score (nSPS) is 15.9. The third kappa shape index (κ3) is 5.72. The van der Waals surface area contributed by atoms with Crippen molar-refractivity contribution in [3.05, 3.63) is 30.1 Å². The molecule has 132 valence electrons. The minimum atomic E-state index is -0.214. The molecule has 0 saturated carbocycles. The number of rotatable bonds is 5. The molecule has 7 nitrogen and oxygen atoms in total. The summed E-state index contributed by atoms with van der Waals surface area (Å²) in [4.78, 5) is 22.0. The molecule has 1 aliphatic heterocycles. The number of ether oxygens (including phenoxy) is 1. The van der Waals surface area contributed by atoms with Crippen molar-refractivity contribution in [2.45, 2.75) is 32.2 Å². The first-order chi connectivity index (χ1) is 11.7. The van der Waals surface area contributed by atoms with Gasteiger partial charge in [-0.25, -0.2) is 4.79 Å². The lowest BCUT2D eigenvalue weighted by atomic mass is 10.1. The molecule has 0 spiro atoms. The van der Waals surface area contributed by atoms with Crippen molar-refractivity contribution in [3.8, 4) is 0 Å². The molecule has 2 heterocycles. The molecule has 0 aliphatic carbocycles. The van der Waals surface area contributed by atoms with Crippen LogP contribution in [0.4, 0.5) is 4.79 Å². The summed E-state index contributed by atoms with van der Waals surface area (Å²) >= 11 is 0. The van der Waals surface area contributed by atoms with Gasteiger partial charge in [-0.15, -0.1) is 0 Å². The molecule has 0 aromatic carbocycles. The minimum Gasteiger partial charge on any atom is -0.450 e. The monoisotopic (exact) mass is 333 g/mol. The Labute approximate surface area is 143 Å². The number of aliphatic imine (C=N–C) groups is 1. The van der Waals surface area contributed by atoms with Crippen molar-refractivity contribution in [1.82, 2.24) is 20.5 Å². The van der Waals surface area contributed by atoms with Crippen LogP contribution in [-0.2, 0) is 11.2 Å². The lowest BCUT2D eigenvalue weighted by molar-refractivity contribution is 0.0963. The largest absolute Gasteiger partial charge is 0.450 e. The first-order valence-corrected chi connectivity index (χ1v) is 8.51. The van der Waals surface area contributed by atoms with Crippen molar-refractivity contribution < 1.29 is 9.53 Å². The van der Waals surface area contributed by atoms with E-state index in [0.29, 0.717) is 25.7 Å². The predicted octanol–water partition coefficient (Wildman–Crippen LogP) is 1.41. The standard InChI is InChI=1S/C17H27N5O2/c1-3-24-17(23)22-12-8-15(9-13-22)21-16(18-2)20-11-7-14-6-4-5-10-19-14/h4-6,10,15H,3,7-9,11-13H2,1-2H3,(H2,18,20,21). The van der Waals surface area contributed by atoms with Crippen molar-refractivity contribution in [1.29, 1.82) is 0 Å². The van der Waals surface area contributed by atoms with Crippen LogP contribution in [0.1, 0.15) is 25.5 Å². The average molecular weight is 333 g/mol. The molecular weight excluding hydrogens is 306 g/mol. The Kier molecular flexibility index (Phi) is 7.32. The molecule has 1 saturated heterocycles. The van der Waals surface area contributed by atoms with Gasteiger partial charge in [-0.3, -0.25) is 9.98 Å². The highest BCUT2D eigenvalue weighted by Crippen LogP contribution is 2.11. The Balaban J connectivity index is 1.69. The Morgan fingerprint density at radius 3 is 2.83 bits per heavy atom. The number of aromatic nitrogens is 1. The third-order valence-electron chi connectivity index (χ3n) is 3.99. The topological polar surface area (TPSA) is 78.8 Å². The summed E-state index contributed by atoms with van der Waals surface area (Å²) in [5.74, 6) is 0.792. The van der Waals surface area contributed by atoms with Gasteiger partial charge in [-0.1, -0.05) is 6.07 Å². The second-order valence-corrected chi connectivity index (χ2v) is 5.67. The first-order valence-electron chi connectivity index (χ1n) is 8.51. The number of piperidine rings is 1. The summed E-state index contributed by atoms with van der Waals surface area (Å²) < 4.78 is 5.04. The van der Waals surface area contributed by atoms with Crippen molar-refractivity contribution in [3.63, 3.8) is 0 Å². The lowest BCUT2D eigenvalue weighted by Crippen LogP contribution is -2.50. The highest BCUT2D eigenvalue weighted by molar-refractivity contribution is 5.80. The first kappa shape index (κ1) is 18.0. The SMILES string of the molecule is CCOC(=O)N1CCC(NC(=NC)NCCc2ccccn2)CC1. The summed E-state index contributed by atoms with van der Waals surface area (Å²) in [6.07, 6.45) is 4.22. The van der Waals surface area contributed by atoms with Crippen molar-refractivity contribution in [2.24, 2.45) is 4.99 Å². The van der Waals surface area contributed by atoms with Gasteiger partial charge in [0, 0.05) is 51.0 Å². The fourth-order valence-corrected chi connectivity index (χ4v) is 2.66. The zero-order chi connectivity index (χ0) is 17.2. The van der Waals surface area contributed by atoms with E-state index in [2.05, 4.69) is 20.6 Å². The van der Waals surface area contributed by atoms with Gasteiger partial charge in [0.2, 0.25) is 0 Å². The van der Waals surface area contributed by atoms with Gasteiger partial charge in [0.05, 0.1) is 6.61 Å². The van der Waals surface area contributed by atoms with E-state index in [9.17, 15) is 4.79 Å². The molecule has 0 unspecified atom stereocenters. The molecule has 1 aromatic rings. The number of nitrogens with one attached hydrogen (secondary N) is 2. The van der Waals surface area contributed by atoms with E-state index in [-0.39, 0.29) is 6.09 Å². The minimum absolute atomic E-state index is 0.214. The summed E-state index contributed by atoms with van der Waals surface area (Å²) in [7, 11) is 1.77. The Morgan fingerprint density at radius 2 is 2.21 bits per heavy atom. The molecule has 0 radical (unpaired) electrons. The van der Waals surface area contributed by atoms with E-state index in [1.807, 2.05) is 25.1 Å². The van der Waals surface area contributed by atoms with Crippen LogP contribution < -0.4 is 10.6 Å². The quantitative estimate of drug-likeness (QED) is 0.629. The number of carbonyl (C=O) groups excluding carboxylic acids is 1. The van der Waals surface area contributed by atoms with Crippen LogP contribution in [0.25, 0.3) is 0 Å². The Hall–Kier alpha value is -2.31. The summed E-state index contributed by atoms with van der Waals surface area (Å²) in [6, 6.07) is 6.24. The number of likely N-dealkylation sites (tertiary alicyclic amines) is 1. The smallest absolute Gasteiger partial charge is 0.409 e. The molecule has 1 aromatic heterocycles. The van der Waals surface area contributed by atoms with E-state index in [4.69, 9.17) is 4.74 Å². The fourth-order valence-electron chi connectivity index (χ4n) is 2.66. The van der Waals surface area contributed by atoms with E-state index < -0.39 is 0 Å². The van der Waals surface area contributed by atoms with Crippen molar-refractivity contribution in [2.75, 3.05) is 33.3 Å². The van der Waals surface area contributed by atoms with Gasteiger partial charge in [-0.05, 0) is 31.9 Å². The summed E-state index contributed by atoms with van der Waals surface area (Å²) in [6.45, 7) is 4.44. The second-order valence-electron chi connectivity index (χ2n) is 5.67. The molecule has 2 rings (SSSR count). The highest BCUT2D eigenvalue weighted by Gasteiger charge is 2.23. The summed E-state index contributed by atoms with van der Waals surface area (Å²) in [5.41, 5.74) is 1.06. The molecule has 2 N–H and O–H groups in total. The van der Waals surface area contributed by atoms with Crippen LogP contribution in [0.2, 0.25) is 0 Å². The highest BCUT2D eigenvalue weighted by atomic mass is 16.6. The van der Waals surface area contributed by atoms with Crippen LogP contribution in [0.15, 0.2) is 29.4 Å². The van der Waals surface area contributed by atoms with Gasteiger partial charge >= 0.3 is 6.09 Å². The average Bonchev–Trinajstić information content (AvgIpc) is 2.62. The zero-order valence-corrected chi connectivity index (χ0v) is 14.5. The van der Waals surface area contributed by atoms with Crippen molar-refractivity contribution >= 4 is 12.1 Å². The molecule has 24 heavy (non-hydrogen) atoms. The van der Waals surface area contributed by atoms with E-state index >= 15 is 0 Å². The van der Waals surface area contributed by atoms with Crippen LogP contribution in [0.5, 0.6) is 0 Å². The fraction of sp³-hybridized carbons (Fsp3) is 0.588. The van der Waals surface area contributed by atoms with E-state index in [0.717, 1.165) is 37.5 Å².